The summed E-state index contributed by atoms with van der Waals surface area (Å²) in [5.41, 5.74) is 5.40. The zero-order valence-electron chi connectivity index (χ0n) is 9.76. The predicted octanol–water partition coefficient (Wildman–Crippen LogP) is 2.40. The molecule has 0 amide bonds. The van der Waals surface area contributed by atoms with E-state index >= 15 is 0 Å². The van der Waals surface area contributed by atoms with E-state index in [4.69, 9.17) is 9.57 Å². The summed E-state index contributed by atoms with van der Waals surface area (Å²) in [6.07, 6.45) is 4.63. The Morgan fingerprint density at radius 3 is 3.00 bits per heavy atom. The maximum Gasteiger partial charge on any atom is 0.0829 e. The van der Waals surface area contributed by atoms with Gasteiger partial charge in [0.05, 0.1) is 19.3 Å². The normalized spacial score (nSPS) is 27.2. The molecule has 2 unspecified atom stereocenters. The molecule has 3 rings (SSSR count). The first-order valence-corrected chi connectivity index (χ1v) is 6.17. The highest BCUT2D eigenvalue weighted by molar-refractivity contribution is 5.15. The van der Waals surface area contributed by atoms with Crippen LogP contribution in [0.15, 0.2) is 42.1 Å². The standard InChI is InChI=1S/C14H17NO2/c1-2-4-11(5-3-1)9-16-13-7-6-12-10-17-15-14(12)8-13/h1-5,8,12-13,15H,6-7,9-10H2. The van der Waals surface area contributed by atoms with Crippen LogP contribution in [0.5, 0.6) is 0 Å². The van der Waals surface area contributed by atoms with E-state index in [9.17, 15) is 0 Å². The highest BCUT2D eigenvalue weighted by Crippen LogP contribution is 2.28. The lowest BCUT2D eigenvalue weighted by molar-refractivity contribution is 0.0578. The second kappa shape index (κ2) is 4.90. The van der Waals surface area contributed by atoms with Crippen LogP contribution < -0.4 is 5.48 Å². The zero-order chi connectivity index (χ0) is 11.5. The van der Waals surface area contributed by atoms with Crippen molar-refractivity contribution in [3.8, 4) is 0 Å². The molecule has 0 aromatic heterocycles. The Balaban J connectivity index is 1.58. The number of fused-ring (bicyclic) bond motifs is 1. The Labute approximate surface area is 101 Å². The number of ether oxygens (including phenoxy) is 1. The summed E-state index contributed by atoms with van der Waals surface area (Å²) in [5, 5.41) is 0. The van der Waals surface area contributed by atoms with Crippen LogP contribution in [0, 0.1) is 5.92 Å². The highest BCUT2D eigenvalue weighted by atomic mass is 16.7. The Hall–Kier alpha value is -1.32. The summed E-state index contributed by atoms with van der Waals surface area (Å²) >= 11 is 0. The summed E-state index contributed by atoms with van der Waals surface area (Å²) in [5.74, 6) is 0.562. The van der Waals surface area contributed by atoms with E-state index in [0.717, 1.165) is 19.4 Å². The Bertz CT molecular complexity index is 402. The van der Waals surface area contributed by atoms with Gasteiger partial charge in [0, 0.05) is 11.6 Å². The van der Waals surface area contributed by atoms with Crippen LogP contribution in [-0.2, 0) is 16.2 Å². The van der Waals surface area contributed by atoms with Crippen molar-refractivity contribution in [2.24, 2.45) is 5.92 Å². The second-order valence-corrected chi connectivity index (χ2v) is 4.64. The Morgan fingerprint density at radius 1 is 1.24 bits per heavy atom. The van der Waals surface area contributed by atoms with Crippen molar-refractivity contribution >= 4 is 0 Å². The lowest BCUT2D eigenvalue weighted by atomic mass is 9.92. The molecular formula is C14H17NO2. The van der Waals surface area contributed by atoms with E-state index in [0.29, 0.717) is 12.5 Å². The molecule has 0 bridgehead atoms. The minimum absolute atomic E-state index is 0.218. The Morgan fingerprint density at radius 2 is 2.12 bits per heavy atom. The van der Waals surface area contributed by atoms with Crippen molar-refractivity contribution in [3.05, 3.63) is 47.7 Å². The highest BCUT2D eigenvalue weighted by Gasteiger charge is 2.27. The van der Waals surface area contributed by atoms with Gasteiger partial charge in [0.1, 0.15) is 0 Å². The summed E-state index contributed by atoms with van der Waals surface area (Å²) in [7, 11) is 0. The van der Waals surface area contributed by atoms with Gasteiger partial charge >= 0.3 is 0 Å². The predicted molar refractivity (Wildman–Crippen MR) is 64.9 cm³/mol. The first kappa shape index (κ1) is 10.8. The van der Waals surface area contributed by atoms with Crippen LogP contribution in [0.4, 0.5) is 0 Å². The van der Waals surface area contributed by atoms with Crippen LogP contribution in [0.2, 0.25) is 0 Å². The van der Waals surface area contributed by atoms with Gasteiger partial charge in [-0.2, -0.15) is 0 Å². The van der Waals surface area contributed by atoms with E-state index in [1.165, 1.54) is 11.3 Å². The average Bonchev–Trinajstić information content (AvgIpc) is 2.85. The molecule has 0 saturated carbocycles. The van der Waals surface area contributed by atoms with E-state index in [1.54, 1.807) is 0 Å². The molecule has 1 aliphatic heterocycles. The fraction of sp³-hybridized carbons (Fsp3) is 0.429. The third-order valence-electron chi connectivity index (χ3n) is 3.39. The summed E-state index contributed by atoms with van der Waals surface area (Å²) in [6, 6.07) is 10.3. The molecular weight excluding hydrogens is 214 g/mol. The largest absolute Gasteiger partial charge is 0.369 e. The number of rotatable bonds is 3. The average molecular weight is 231 g/mol. The lowest BCUT2D eigenvalue weighted by Gasteiger charge is -2.22. The van der Waals surface area contributed by atoms with Crippen molar-refractivity contribution < 1.29 is 9.57 Å². The van der Waals surface area contributed by atoms with Gasteiger partial charge in [-0.3, -0.25) is 10.3 Å². The number of hydroxylamine groups is 1. The minimum atomic E-state index is 0.218. The molecule has 1 heterocycles. The molecule has 0 spiro atoms. The number of hydrogen-bond donors (Lipinski definition) is 1. The fourth-order valence-corrected chi connectivity index (χ4v) is 2.37. The smallest absolute Gasteiger partial charge is 0.0829 e. The third-order valence-corrected chi connectivity index (χ3v) is 3.39. The molecule has 1 aromatic rings. The minimum Gasteiger partial charge on any atom is -0.369 e. The molecule has 1 aromatic carbocycles. The van der Waals surface area contributed by atoms with Crippen LogP contribution in [-0.4, -0.2) is 12.7 Å². The first-order chi connectivity index (χ1) is 8.42. The van der Waals surface area contributed by atoms with Crippen molar-refractivity contribution in [2.75, 3.05) is 6.61 Å². The molecule has 1 saturated heterocycles. The van der Waals surface area contributed by atoms with Gasteiger partial charge in [0.25, 0.3) is 0 Å². The number of nitrogens with one attached hydrogen (secondary N) is 1. The molecule has 1 N–H and O–H groups in total. The SMILES string of the molecule is C1=C2NOCC2CCC1OCc1ccccc1. The van der Waals surface area contributed by atoms with Gasteiger partial charge in [-0.15, -0.1) is 0 Å². The van der Waals surface area contributed by atoms with Crippen LogP contribution in [0.1, 0.15) is 18.4 Å². The van der Waals surface area contributed by atoms with Crippen LogP contribution >= 0.6 is 0 Å². The monoisotopic (exact) mass is 231 g/mol. The topological polar surface area (TPSA) is 30.5 Å². The van der Waals surface area contributed by atoms with Crippen molar-refractivity contribution in [2.45, 2.75) is 25.6 Å². The molecule has 1 fully saturated rings. The maximum absolute atomic E-state index is 5.91. The van der Waals surface area contributed by atoms with Crippen LogP contribution in [0.3, 0.4) is 0 Å². The van der Waals surface area contributed by atoms with E-state index < -0.39 is 0 Å². The van der Waals surface area contributed by atoms with Crippen LogP contribution in [0.25, 0.3) is 0 Å². The number of hydrogen-bond acceptors (Lipinski definition) is 3. The summed E-state index contributed by atoms with van der Waals surface area (Å²) in [6.45, 7) is 1.48. The van der Waals surface area contributed by atoms with Gasteiger partial charge in [-0.05, 0) is 24.5 Å². The molecule has 17 heavy (non-hydrogen) atoms. The molecule has 3 nitrogen and oxygen atoms in total. The second-order valence-electron chi connectivity index (χ2n) is 4.64. The van der Waals surface area contributed by atoms with Crippen molar-refractivity contribution in [1.29, 1.82) is 0 Å². The van der Waals surface area contributed by atoms with Gasteiger partial charge in [0.2, 0.25) is 0 Å². The molecule has 90 valence electrons. The molecule has 1 aliphatic carbocycles. The summed E-state index contributed by atoms with van der Waals surface area (Å²) < 4.78 is 5.91. The molecule has 0 radical (unpaired) electrons. The third kappa shape index (κ3) is 2.51. The fourth-order valence-electron chi connectivity index (χ4n) is 2.37. The van der Waals surface area contributed by atoms with Crippen molar-refractivity contribution in [3.63, 3.8) is 0 Å². The Kier molecular flexibility index (Phi) is 3.12. The van der Waals surface area contributed by atoms with Gasteiger partial charge in [0.15, 0.2) is 0 Å². The summed E-state index contributed by atoms with van der Waals surface area (Å²) in [4.78, 5) is 5.23. The van der Waals surface area contributed by atoms with Gasteiger partial charge < -0.3 is 4.74 Å². The van der Waals surface area contributed by atoms with Gasteiger partial charge in [-0.1, -0.05) is 30.3 Å². The quantitative estimate of drug-likeness (QED) is 0.866. The number of benzene rings is 1. The van der Waals surface area contributed by atoms with Crippen molar-refractivity contribution in [1.82, 2.24) is 5.48 Å². The molecule has 2 atom stereocenters. The maximum atomic E-state index is 5.91. The molecule has 2 aliphatic rings. The lowest BCUT2D eigenvalue weighted by Crippen LogP contribution is -2.21. The van der Waals surface area contributed by atoms with E-state index in [-0.39, 0.29) is 6.10 Å². The van der Waals surface area contributed by atoms with E-state index in [1.807, 2.05) is 18.2 Å². The first-order valence-electron chi connectivity index (χ1n) is 6.17. The van der Waals surface area contributed by atoms with Gasteiger partial charge in [-0.25, -0.2) is 0 Å². The molecule has 3 heteroatoms. The van der Waals surface area contributed by atoms with E-state index in [2.05, 4.69) is 23.7 Å². The zero-order valence-corrected chi connectivity index (χ0v) is 9.76.